The average Bonchev–Trinajstić information content (AvgIpc) is 2.97. The molecule has 0 aliphatic heterocycles. The molecule has 3 aromatic heterocycles. The smallest absolute Gasteiger partial charge is 0.350 e. The van der Waals surface area contributed by atoms with E-state index < -0.39 is 0 Å². The van der Waals surface area contributed by atoms with E-state index >= 15 is 0 Å². The molecule has 0 saturated heterocycles. The van der Waals surface area contributed by atoms with Crippen LogP contribution in [0.25, 0.3) is 5.65 Å². The number of nitrogens with one attached hydrogen (secondary N) is 1. The summed E-state index contributed by atoms with van der Waals surface area (Å²) >= 11 is 1.41. The molecule has 1 N–H and O–H groups in total. The highest BCUT2D eigenvalue weighted by Gasteiger charge is 2.10. The van der Waals surface area contributed by atoms with Crippen LogP contribution >= 0.6 is 11.3 Å². The Hall–Kier alpha value is -2.29. The van der Waals surface area contributed by atoms with Crippen molar-refractivity contribution in [2.45, 2.75) is 13.5 Å². The second kappa shape index (κ2) is 4.76. The SMILES string of the molecule is CCNc1nnc(Cn2nc3cnccn3c2=O)s1. The zero-order valence-electron chi connectivity index (χ0n) is 10.1. The van der Waals surface area contributed by atoms with Gasteiger partial charge in [0.05, 0.1) is 6.20 Å². The molecule has 3 rings (SSSR count). The number of hydrogen-bond donors (Lipinski definition) is 1. The highest BCUT2D eigenvalue weighted by atomic mass is 32.1. The zero-order valence-corrected chi connectivity index (χ0v) is 11.0. The Kier molecular flexibility index (Phi) is 2.95. The molecule has 0 bridgehead atoms. The first-order valence-corrected chi connectivity index (χ1v) is 6.55. The molecular formula is C10H11N7OS. The van der Waals surface area contributed by atoms with Crippen LogP contribution in [0.4, 0.5) is 5.13 Å². The van der Waals surface area contributed by atoms with Crippen molar-refractivity contribution in [3.63, 3.8) is 0 Å². The normalized spacial score (nSPS) is 11.0. The van der Waals surface area contributed by atoms with Crippen LogP contribution < -0.4 is 11.0 Å². The third-order valence-corrected chi connectivity index (χ3v) is 3.33. The molecule has 0 unspecified atom stereocenters. The lowest BCUT2D eigenvalue weighted by atomic mass is 10.7. The van der Waals surface area contributed by atoms with Crippen LogP contribution in [0.1, 0.15) is 11.9 Å². The summed E-state index contributed by atoms with van der Waals surface area (Å²) < 4.78 is 2.80. The minimum absolute atomic E-state index is 0.211. The predicted molar refractivity (Wildman–Crippen MR) is 70.4 cm³/mol. The van der Waals surface area contributed by atoms with E-state index in [1.165, 1.54) is 20.4 Å². The van der Waals surface area contributed by atoms with Gasteiger partial charge in [-0.3, -0.25) is 4.98 Å². The first-order valence-electron chi connectivity index (χ1n) is 5.73. The second-order valence-corrected chi connectivity index (χ2v) is 4.84. The number of rotatable bonds is 4. The summed E-state index contributed by atoms with van der Waals surface area (Å²) in [6, 6.07) is 0. The Morgan fingerprint density at radius 1 is 1.42 bits per heavy atom. The molecule has 0 aliphatic carbocycles. The number of hydrogen-bond acceptors (Lipinski definition) is 7. The maximum atomic E-state index is 12.0. The third kappa shape index (κ3) is 2.19. The molecule has 0 radical (unpaired) electrons. The Bertz CT molecular complexity index is 758. The highest BCUT2D eigenvalue weighted by molar-refractivity contribution is 7.15. The van der Waals surface area contributed by atoms with E-state index in [1.807, 2.05) is 6.92 Å². The molecule has 3 heterocycles. The summed E-state index contributed by atoms with van der Waals surface area (Å²) in [7, 11) is 0. The van der Waals surface area contributed by atoms with Gasteiger partial charge in [0, 0.05) is 18.9 Å². The van der Waals surface area contributed by atoms with Gasteiger partial charge in [-0.15, -0.1) is 15.3 Å². The van der Waals surface area contributed by atoms with E-state index in [0.29, 0.717) is 12.2 Å². The maximum Gasteiger partial charge on any atom is 0.350 e. The van der Waals surface area contributed by atoms with E-state index in [9.17, 15) is 4.79 Å². The van der Waals surface area contributed by atoms with Crippen LogP contribution in [0.3, 0.4) is 0 Å². The van der Waals surface area contributed by atoms with Crippen molar-refractivity contribution >= 4 is 22.1 Å². The fraction of sp³-hybridized carbons (Fsp3) is 0.300. The first kappa shape index (κ1) is 11.8. The second-order valence-electron chi connectivity index (χ2n) is 3.78. The fourth-order valence-electron chi connectivity index (χ4n) is 1.65. The zero-order chi connectivity index (χ0) is 13.2. The molecule has 0 aliphatic rings. The van der Waals surface area contributed by atoms with E-state index in [-0.39, 0.29) is 5.69 Å². The lowest BCUT2D eigenvalue weighted by Gasteiger charge is -1.93. The summed E-state index contributed by atoms with van der Waals surface area (Å²) in [6.07, 6.45) is 4.68. The molecule has 0 atom stereocenters. The molecule has 3 aromatic rings. The molecule has 8 nitrogen and oxygen atoms in total. The number of anilines is 1. The topological polar surface area (TPSA) is 90.0 Å². The highest BCUT2D eigenvalue weighted by Crippen LogP contribution is 2.15. The summed E-state index contributed by atoms with van der Waals surface area (Å²) in [5, 5.41) is 16.7. The van der Waals surface area contributed by atoms with Crippen LogP contribution in [0.2, 0.25) is 0 Å². The minimum Gasteiger partial charge on any atom is -0.360 e. The monoisotopic (exact) mass is 277 g/mol. The van der Waals surface area contributed by atoms with Crippen molar-refractivity contribution in [2.75, 3.05) is 11.9 Å². The predicted octanol–water partition coefficient (Wildman–Crippen LogP) is 0.223. The molecular weight excluding hydrogens is 266 g/mol. The largest absolute Gasteiger partial charge is 0.360 e. The lowest BCUT2D eigenvalue weighted by Crippen LogP contribution is -2.21. The van der Waals surface area contributed by atoms with Gasteiger partial charge >= 0.3 is 5.69 Å². The Morgan fingerprint density at radius 3 is 3.11 bits per heavy atom. The van der Waals surface area contributed by atoms with Crippen molar-refractivity contribution in [3.05, 3.63) is 34.1 Å². The van der Waals surface area contributed by atoms with Gasteiger partial charge in [-0.2, -0.15) is 0 Å². The molecule has 9 heteroatoms. The molecule has 0 amide bonds. The summed E-state index contributed by atoms with van der Waals surface area (Å²) in [5.41, 5.74) is 0.307. The molecule has 19 heavy (non-hydrogen) atoms. The Balaban J connectivity index is 1.92. The van der Waals surface area contributed by atoms with Crippen LogP contribution in [0, 0.1) is 0 Å². The van der Waals surface area contributed by atoms with E-state index in [1.54, 1.807) is 18.6 Å². The van der Waals surface area contributed by atoms with Crippen molar-refractivity contribution in [1.29, 1.82) is 0 Å². The average molecular weight is 277 g/mol. The fourth-order valence-corrected chi connectivity index (χ4v) is 2.44. The van der Waals surface area contributed by atoms with Gasteiger partial charge in [0.15, 0.2) is 5.65 Å². The minimum atomic E-state index is -0.211. The molecule has 0 saturated carbocycles. The van der Waals surface area contributed by atoms with Gasteiger partial charge < -0.3 is 5.32 Å². The Morgan fingerprint density at radius 2 is 2.32 bits per heavy atom. The number of fused-ring (bicyclic) bond motifs is 1. The molecule has 0 fully saturated rings. The third-order valence-electron chi connectivity index (χ3n) is 2.47. The van der Waals surface area contributed by atoms with Crippen molar-refractivity contribution in [2.24, 2.45) is 0 Å². The number of aromatic nitrogens is 6. The van der Waals surface area contributed by atoms with Crippen LogP contribution in [0.15, 0.2) is 23.4 Å². The first-order chi connectivity index (χ1) is 9.28. The quantitative estimate of drug-likeness (QED) is 0.734. The standard InChI is InChI=1S/C10H11N7OS/c1-2-12-9-14-13-8(19-9)6-17-10(18)16-4-3-11-5-7(16)15-17/h3-5H,2,6H2,1H3,(H,12,14). The van der Waals surface area contributed by atoms with Crippen molar-refractivity contribution < 1.29 is 0 Å². The van der Waals surface area contributed by atoms with Crippen molar-refractivity contribution in [1.82, 2.24) is 29.4 Å². The summed E-state index contributed by atoms with van der Waals surface area (Å²) in [4.78, 5) is 16.0. The van der Waals surface area contributed by atoms with Gasteiger partial charge in [0.25, 0.3) is 0 Å². The van der Waals surface area contributed by atoms with E-state index in [0.717, 1.165) is 16.7 Å². The molecule has 0 aromatic carbocycles. The Labute approximate surface area is 111 Å². The van der Waals surface area contributed by atoms with Gasteiger partial charge in [-0.1, -0.05) is 11.3 Å². The van der Waals surface area contributed by atoms with Crippen molar-refractivity contribution in [3.8, 4) is 0 Å². The van der Waals surface area contributed by atoms with Crippen LogP contribution in [-0.4, -0.2) is 35.9 Å². The van der Waals surface area contributed by atoms with Gasteiger partial charge in [0.2, 0.25) is 5.13 Å². The maximum absolute atomic E-state index is 12.0. The van der Waals surface area contributed by atoms with E-state index in [2.05, 4.69) is 25.6 Å². The van der Waals surface area contributed by atoms with Crippen LogP contribution in [-0.2, 0) is 6.54 Å². The van der Waals surface area contributed by atoms with Gasteiger partial charge in [-0.05, 0) is 6.92 Å². The molecule has 0 spiro atoms. The molecule has 98 valence electrons. The summed E-state index contributed by atoms with van der Waals surface area (Å²) in [6.45, 7) is 3.08. The van der Waals surface area contributed by atoms with Crippen LogP contribution in [0.5, 0.6) is 0 Å². The number of nitrogens with zero attached hydrogens (tertiary/aromatic N) is 6. The van der Waals surface area contributed by atoms with E-state index in [4.69, 9.17) is 0 Å². The van der Waals surface area contributed by atoms with Gasteiger partial charge in [-0.25, -0.2) is 13.9 Å². The lowest BCUT2D eigenvalue weighted by molar-refractivity contribution is 0.651. The van der Waals surface area contributed by atoms with Gasteiger partial charge in [0.1, 0.15) is 11.6 Å². The summed E-state index contributed by atoms with van der Waals surface area (Å²) in [5.74, 6) is 0.